The third-order valence-electron chi connectivity index (χ3n) is 3.92. The van der Waals surface area contributed by atoms with Crippen molar-refractivity contribution >= 4 is 33.4 Å². The fraction of sp³-hybridized carbons (Fsp3) is 1.00. The predicted octanol–water partition coefficient (Wildman–Crippen LogP) is 1.64. The Labute approximate surface area is 172 Å². The lowest BCUT2D eigenvalue weighted by atomic mass is 10.0. The van der Waals surface area contributed by atoms with Gasteiger partial charge in [-0.3, -0.25) is 0 Å². The molecule has 0 bridgehead atoms. The van der Waals surface area contributed by atoms with Crippen LogP contribution in [0, 0.1) is 0 Å². The Kier molecular flexibility index (Phi) is 12.7. The minimum Gasteiger partial charge on any atom is -0.377 e. The van der Waals surface area contributed by atoms with E-state index in [1.807, 2.05) is 0 Å². The maximum absolute atomic E-state index is 12.5. The van der Waals surface area contributed by atoms with Gasteiger partial charge in [-0.15, -0.1) is 3.94 Å². The van der Waals surface area contributed by atoms with E-state index in [1.54, 1.807) is 13.8 Å². The monoisotopic (exact) mass is 451 g/mol. The largest absolute Gasteiger partial charge is 0.377 e. The van der Waals surface area contributed by atoms with E-state index in [-0.39, 0.29) is 24.7 Å². The summed E-state index contributed by atoms with van der Waals surface area (Å²) in [5, 5.41) is 0. The third kappa shape index (κ3) is 12.5. The van der Waals surface area contributed by atoms with Crippen molar-refractivity contribution in [1.82, 2.24) is 3.94 Å². The van der Waals surface area contributed by atoms with Gasteiger partial charge in [0, 0.05) is 5.54 Å². The topological polar surface area (TPSA) is 83.5 Å². The maximum Gasteiger partial charge on any atom is 0.153 e. The summed E-state index contributed by atoms with van der Waals surface area (Å²) < 4.78 is 53.2. The molecule has 27 heavy (non-hydrogen) atoms. The van der Waals surface area contributed by atoms with Crippen molar-refractivity contribution in [3.8, 4) is 0 Å². The average molecular weight is 452 g/mol. The highest BCUT2D eigenvalue weighted by Crippen LogP contribution is 2.24. The van der Waals surface area contributed by atoms with Crippen LogP contribution >= 0.6 is 23.6 Å². The Hall–Kier alpha value is 0.290. The molecule has 0 N–H and O–H groups in total. The first kappa shape index (κ1) is 25.3. The van der Waals surface area contributed by atoms with E-state index < -0.39 is 21.5 Å². The number of nitrogens with zero attached hydrogens (tertiary/aromatic N) is 1. The molecule has 0 aromatic rings. The van der Waals surface area contributed by atoms with Crippen LogP contribution in [0.4, 0.5) is 0 Å². The second-order valence-electron chi connectivity index (χ2n) is 6.81. The van der Waals surface area contributed by atoms with Crippen molar-refractivity contribution < 1.29 is 32.1 Å². The smallest absolute Gasteiger partial charge is 0.153 e. The summed E-state index contributed by atoms with van der Waals surface area (Å²) in [6, 6.07) is 0. The SMILES string of the molecule is CC(C)(CCS(=O)(=O)CC1COCCOCCOCCOCCO1)N(Cl)Cl. The predicted molar refractivity (Wildman–Crippen MR) is 104 cm³/mol. The first-order valence-electron chi connectivity index (χ1n) is 8.98. The molecular weight excluding hydrogens is 421 g/mol. The van der Waals surface area contributed by atoms with Crippen LogP contribution in [-0.2, 0) is 33.5 Å². The Bertz CT molecular complexity index is 475. The van der Waals surface area contributed by atoms with Gasteiger partial charge >= 0.3 is 0 Å². The molecule has 1 heterocycles. The van der Waals surface area contributed by atoms with Gasteiger partial charge < -0.3 is 23.7 Å². The van der Waals surface area contributed by atoms with Crippen molar-refractivity contribution in [3.05, 3.63) is 0 Å². The van der Waals surface area contributed by atoms with Gasteiger partial charge in [-0.25, -0.2) is 8.42 Å². The van der Waals surface area contributed by atoms with Gasteiger partial charge in [0.2, 0.25) is 0 Å². The molecular formula is C16H31Cl2NO7S. The van der Waals surface area contributed by atoms with Gasteiger partial charge in [-0.05, 0) is 43.8 Å². The van der Waals surface area contributed by atoms with Crippen molar-refractivity contribution in [3.63, 3.8) is 0 Å². The summed E-state index contributed by atoms with van der Waals surface area (Å²) in [5.41, 5.74) is -0.650. The molecule has 1 unspecified atom stereocenters. The lowest BCUT2D eigenvalue weighted by Gasteiger charge is -2.27. The summed E-state index contributed by atoms with van der Waals surface area (Å²) in [4.78, 5) is 0. The fourth-order valence-corrected chi connectivity index (χ4v) is 4.05. The first-order chi connectivity index (χ1) is 12.7. The van der Waals surface area contributed by atoms with E-state index in [1.165, 1.54) is 0 Å². The second-order valence-corrected chi connectivity index (χ2v) is 9.89. The molecule has 162 valence electrons. The lowest BCUT2D eigenvalue weighted by molar-refractivity contribution is -0.0364. The zero-order valence-electron chi connectivity index (χ0n) is 16.0. The molecule has 1 rings (SSSR count). The molecule has 1 saturated heterocycles. The standard InChI is InChI=1S/C16H31Cl2NO7S/c1-16(2,19(17)18)3-12-27(20,21)14-15-13-25-9-8-23-5-4-22-6-7-24-10-11-26-15/h15H,3-14H2,1-2H3. The van der Waals surface area contributed by atoms with Crippen molar-refractivity contribution in [2.75, 3.05) is 71.0 Å². The lowest BCUT2D eigenvalue weighted by Crippen LogP contribution is -2.36. The molecule has 1 aliphatic rings. The van der Waals surface area contributed by atoms with Crippen LogP contribution in [-0.4, -0.2) is 95.0 Å². The van der Waals surface area contributed by atoms with E-state index >= 15 is 0 Å². The van der Waals surface area contributed by atoms with Gasteiger partial charge in [0.25, 0.3) is 0 Å². The normalized spacial score (nSPS) is 22.9. The van der Waals surface area contributed by atoms with Crippen LogP contribution in [0.25, 0.3) is 0 Å². The highest BCUT2D eigenvalue weighted by Gasteiger charge is 2.28. The molecule has 0 aromatic heterocycles. The van der Waals surface area contributed by atoms with Crippen LogP contribution in [0.1, 0.15) is 20.3 Å². The minimum atomic E-state index is -3.37. The van der Waals surface area contributed by atoms with Gasteiger partial charge in [0.15, 0.2) is 9.84 Å². The van der Waals surface area contributed by atoms with E-state index in [0.717, 1.165) is 3.94 Å². The summed E-state index contributed by atoms with van der Waals surface area (Å²) in [6.07, 6.45) is -0.279. The molecule has 1 fully saturated rings. The second kappa shape index (κ2) is 13.5. The van der Waals surface area contributed by atoms with Gasteiger partial charge in [-0.1, -0.05) is 0 Å². The summed E-state index contributed by atoms with van der Waals surface area (Å²) in [5.74, 6) is -0.190. The molecule has 8 nitrogen and oxygen atoms in total. The van der Waals surface area contributed by atoms with Crippen LogP contribution in [0.15, 0.2) is 0 Å². The molecule has 1 atom stereocenters. The van der Waals surface area contributed by atoms with Gasteiger partial charge in [0.05, 0.1) is 77.1 Å². The van der Waals surface area contributed by atoms with E-state index in [4.69, 9.17) is 47.2 Å². The highest BCUT2D eigenvalue weighted by molar-refractivity contribution is 7.91. The highest BCUT2D eigenvalue weighted by atomic mass is 35.5. The van der Waals surface area contributed by atoms with Crippen LogP contribution in [0.3, 0.4) is 0 Å². The maximum atomic E-state index is 12.5. The molecule has 0 radical (unpaired) electrons. The molecule has 0 aliphatic carbocycles. The molecule has 0 spiro atoms. The van der Waals surface area contributed by atoms with Crippen molar-refractivity contribution in [1.29, 1.82) is 0 Å². The average Bonchev–Trinajstić information content (AvgIpc) is 2.60. The van der Waals surface area contributed by atoms with Gasteiger partial charge in [-0.2, -0.15) is 0 Å². The van der Waals surface area contributed by atoms with E-state index in [9.17, 15) is 8.42 Å². The number of hydrogen-bond donors (Lipinski definition) is 0. The Morgan fingerprint density at radius 2 is 1.37 bits per heavy atom. The first-order valence-corrected chi connectivity index (χ1v) is 11.5. The Morgan fingerprint density at radius 1 is 0.889 bits per heavy atom. The summed E-state index contributed by atoms with van der Waals surface area (Å²) in [7, 11) is -3.37. The molecule has 1 aliphatic heterocycles. The summed E-state index contributed by atoms with van der Waals surface area (Å²) >= 11 is 11.5. The van der Waals surface area contributed by atoms with Crippen molar-refractivity contribution in [2.45, 2.75) is 31.9 Å². The number of rotatable bonds is 6. The Morgan fingerprint density at radius 3 is 1.89 bits per heavy atom. The van der Waals surface area contributed by atoms with Gasteiger partial charge in [0.1, 0.15) is 0 Å². The number of ether oxygens (including phenoxy) is 5. The zero-order chi connectivity index (χ0) is 20.2. The van der Waals surface area contributed by atoms with Crippen LogP contribution in [0.5, 0.6) is 0 Å². The fourth-order valence-electron chi connectivity index (χ4n) is 2.15. The Balaban J connectivity index is 2.52. The quantitative estimate of drug-likeness (QED) is 0.563. The molecule has 0 amide bonds. The van der Waals surface area contributed by atoms with E-state index in [0.29, 0.717) is 52.7 Å². The summed E-state index contributed by atoms with van der Waals surface area (Å²) in [6.45, 7) is 7.02. The molecule has 11 heteroatoms. The third-order valence-corrected chi connectivity index (χ3v) is 6.54. The number of sulfone groups is 1. The minimum absolute atomic E-state index is 0.0489. The molecule has 0 aromatic carbocycles. The van der Waals surface area contributed by atoms with E-state index in [2.05, 4.69) is 0 Å². The number of hydrogen-bond acceptors (Lipinski definition) is 8. The molecule has 0 saturated carbocycles. The zero-order valence-corrected chi connectivity index (χ0v) is 18.4. The van der Waals surface area contributed by atoms with Crippen molar-refractivity contribution in [2.24, 2.45) is 0 Å². The number of halogens is 2. The van der Waals surface area contributed by atoms with Crippen LogP contribution < -0.4 is 0 Å². The van der Waals surface area contributed by atoms with Crippen LogP contribution in [0.2, 0.25) is 0 Å².